The maximum absolute atomic E-state index is 11.3. The molecule has 0 amide bonds. The fourth-order valence-electron chi connectivity index (χ4n) is 2.98. The van der Waals surface area contributed by atoms with E-state index in [2.05, 4.69) is 21.7 Å². The van der Waals surface area contributed by atoms with Crippen LogP contribution >= 0.6 is 0 Å². The molecule has 4 nitrogen and oxygen atoms in total. The van der Waals surface area contributed by atoms with Crippen LogP contribution in [0.5, 0.6) is 0 Å². The minimum absolute atomic E-state index is 0.166. The summed E-state index contributed by atoms with van der Waals surface area (Å²) in [6.45, 7) is 1.61. The number of aromatic nitrogens is 2. The summed E-state index contributed by atoms with van der Waals surface area (Å²) in [7, 11) is 2.00. The molecule has 2 aromatic heterocycles. The number of oxazole rings is 1. The lowest BCUT2D eigenvalue weighted by atomic mass is 10.1. The summed E-state index contributed by atoms with van der Waals surface area (Å²) >= 11 is 0. The number of benzene rings is 2. The van der Waals surface area contributed by atoms with Crippen molar-refractivity contribution in [2.45, 2.75) is 13.3 Å². The third kappa shape index (κ3) is 2.32. The van der Waals surface area contributed by atoms with Gasteiger partial charge in [0, 0.05) is 24.4 Å². The van der Waals surface area contributed by atoms with Gasteiger partial charge in [-0.3, -0.25) is 4.79 Å². The van der Waals surface area contributed by atoms with Gasteiger partial charge in [0.25, 0.3) is 0 Å². The maximum atomic E-state index is 11.3. The summed E-state index contributed by atoms with van der Waals surface area (Å²) in [6, 6.07) is 15.9. The molecule has 0 aliphatic heterocycles. The molecule has 0 unspecified atom stereocenters. The Labute approximate surface area is 133 Å². The zero-order chi connectivity index (χ0) is 16.0. The highest BCUT2D eigenvalue weighted by molar-refractivity contribution is 5.88. The molecule has 114 valence electrons. The lowest BCUT2D eigenvalue weighted by Crippen LogP contribution is -1.96. The number of carbonyl (C=O) groups excluding carboxylic acids is 1. The standard InChI is InChI=1S/C19H16N2O2/c1-12(22)9-13-7-8-16-14(10-13)11-17(21(16)2)19-20-15-5-3-4-6-18(15)23-19/h3-8,10-11H,9H2,1-2H3. The molecule has 4 rings (SSSR count). The Morgan fingerprint density at radius 3 is 2.78 bits per heavy atom. The van der Waals surface area contributed by atoms with Crippen molar-refractivity contribution in [2.24, 2.45) is 7.05 Å². The number of rotatable bonds is 3. The van der Waals surface area contributed by atoms with Crippen molar-refractivity contribution >= 4 is 27.8 Å². The van der Waals surface area contributed by atoms with E-state index in [1.807, 2.05) is 43.4 Å². The van der Waals surface area contributed by atoms with E-state index in [9.17, 15) is 4.79 Å². The van der Waals surface area contributed by atoms with Crippen LogP contribution in [0, 0.1) is 0 Å². The van der Waals surface area contributed by atoms with Crippen LogP contribution in [0.1, 0.15) is 12.5 Å². The molecule has 0 N–H and O–H groups in total. The van der Waals surface area contributed by atoms with Gasteiger partial charge in [-0.15, -0.1) is 0 Å². The van der Waals surface area contributed by atoms with Gasteiger partial charge in [-0.2, -0.15) is 0 Å². The molecular weight excluding hydrogens is 288 g/mol. The largest absolute Gasteiger partial charge is 0.435 e. The molecule has 4 aromatic rings. The van der Waals surface area contributed by atoms with Crippen LogP contribution in [0.3, 0.4) is 0 Å². The summed E-state index contributed by atoms with van der Waals surface area (Å²) in [5.41, 5.74) is 4.68. The van der Waals surface area contributed by atoms with E-state index in [4.69, 9.17) is 4.42 Å². The van der Waals surface area contributed by atoms with Gasteiger partial charge in [0.05, 0.1) is 0 Å². The van der Waals surface area contributed by atoms with Gasteiger partial charge < -0.3 is 8.98 Å². The summed E-state index contributed by atoms with van der Waals surface area (Å²) in [4.78, 5) is 15.9. The Morgan fingerprint density at radius 1 is 1.17 bits per heavy atom. The number of carbonyl (C=O) groups is 1. The highest BCUT2D eigenvalue weighted by atomic mass is 16.3. The van der Waals surface area contributed by atoms with Crippen molar-refractivity contribution in [1.29, 1.82) is 0 Å². The number of nitrogens with zero attached hydrogens (tertiary/aromatic N) is 2. The van der Waals surface area contributed by atoms with Crippen molar-refractivity contribution in [2.75, 3.05) is 0 Å². The van der Waals surface area contributed by atoms with E-state index < -0.39 is 0 Å². The zero-order valence-corrected chi connectivity index (χ0v) is 13.0. The summed E-state index contributed by atoms with van der Waals surface area (Å²) in [5, 5.41) is 1.09. The van der Waals surface area contributed by atoms with Gasteiger partial charge in [-0.05, 0) is 42.8 Å². The predicted molar refractivity (Wildman–Crippen MR) is 90.3 cm³/mol. The van der Waals surface area contributed by atoms with Gasteiger partial charge in [-0.25, -0.2) is 4.98 Å². The first-order valence-corrected chi connectivity index (χ1v) is 7.55. The molecule has 0 aliphatic carbocycles. The Hall–Kier alpha value is -2.88. The topological polar surface area (TPSA) is 48.0 Å². The third-order valence-electron chi connectivity index (χ3n) is 4.07. The Morgan fingerprint density at radius 2 is 2.00 bits per heavy atom. The van der Waals surface area contributed by atoms with E-state index >= 15 is 0 Å². The Balaban J connectivity index is 1.86. The van der Waals surface area contributed by atoms with Crippen LogP contribution in [0.2, 0.25) is 0 Å². The molecule has 0 bridgehead atoms. The SMILES string of the molecule is CC(=O)Cc1ccc2c(c1)cc(-c1nc3ccccc3o1)n2C. The van der Waals surface area contributed by atoms with Crippen molar-refractivity contribution in [3.63, 3.8) is 0 Å². The second-order valence-electron chi connectivity index (χ2n) is 5.85. The van der Waals surface area contributed by atoms with E-state index in [0.717, 1.165) is 33.3 Å². The number of fused-ring (bicyclic) bond motifs is 2. The number of hydrogen-bond donors (Lipinski definition) is 0. The van der Waals surface area contributed by atoms with Crippen molar-refractivity contribution in [1.82, 2.24) is 9.55 Å². The quantitative estimate of drug-likeness (QED) is 0.572. The van der Waals surface area contributed by atoms with Gasteiger partial charge in [0.1, 0.15) is 17.0 Å². The lowest BCUT2D eigenvalue weighted by molar-refractivity contribution is -0.116. The fourth-order valence-corrected chi connectivity index (χ4v) is 2.98. The second-order valence-corrected chi connectivity index (χ2v) is 5.85. The molecule has 0 radical (unpaired) electrons. The number of Topliss-reactive ketones (excluding diaryl/α,β-unsaturated/α-hetero) is 1. The normalized spacial score (nSPS) is 11.4. The Kier molecular flexibility index (Phi) is 3.05. The number of aryl methyl sites for hydroxylation is 1. The molecule has 0 fully saturated rings. The van der Waals surface area contributed by atoms with Gasteiger partial charge >= 0.3 is 0 Å². The van der Waals surface area contributed by atoms with Crippen LogP contribution in [0.25, 0.3) is 33.6 Å². The van der Waals surface area contributed by atoms with Gasteiger partial charge in [0.2, 0.25) is 5.89 Å². The van der Waals surface area contributed by atoms with E-state index in [1.165, 1.54) is 0 Å². The molecule has 2 aromatic carbocycles. The van der Waals surface area contributed by atoms with Crippen molar-refractivity contribution in [3.05, 3.63) is 54.1 Å². The van der Waals surface area contributed by atoms with Crippen LogP contribution in [0.4, 0.5) is 0 Å². The number of hydrogen-bond acceptors (Lipinski definition) is 3. The van der Waals surface area contributed by atoms with Crippen LogP contribution in [-0.4, -0.2) is 15.3 Å². The summed E-state index contributed by atoms with van der Waals surface area (Å²) in [5.74, 6) is 0.775. The number of para-hydroxylation sites is 2. The first-order chi connectivity index (χ1) is 11.1. The Bertz CT molecular complexity index is 1010. The first kappa shape index (κ1) is 13.8. The van der Waals surface area contributed by atoms with Crippen molar-refractivity contribution < 1.29 is 9.21 Å². The molecule has 4 heteroatoms. The molecule has 0 spiro atoms. The van der Waals surface area contributed by atoms with Crippen LogP contribution in [0.15, 0.2) is 52.9 Å². The number of ketones is 1. The molecule has 0 aliphatic rings. The minimum Gasteiger partial charge on any atom is -0.435 e. The second kappa shape index (κ2) is 5.09. The molecule has 2 heterocycles. The zero-order valence-electron chi connectivity index (χ0n) is 13.0. The third-order valence-corrected chi connectivity index (χ3v) is 4.07. The monoisotopic (exact) mass is 304 g/mol. The average Bonchev–Trinajstić information content (AvgIpc) is 3.07. The lowest BCUT2D eigenvalue weighted by Gasteiger charge is -2.01. The summed E-state index contributed by atoms with van der Waals surface area (Å²) < 4.78 is 7.94. The minimum atomic E-state index is 0.166. The van der Waals surface area contributed by atoms with Crippen molar-refractivity contribution in [3.8, 4) is 11.6 Å². The highest BCUT2D eigenvalue weighted by Gasteiger charge is 2.14. The fraction of sp³-hybridized carbons (Fsp3) is 0.158. The van der Waals surface area contributed by atoms with E-state index in [1.54, 1.807) is 6.92 Å². The smallest absolute Gasteiger partial charge is 0.244 e. The summed E-state index contributed by atoms with van der Waals surface area (Å²) in [6.07, 6.45) is 0.461. The molecule has 0 atom stereocenters. The van der Waals surface area contributed by atoms with E-state index in [-0.39, 0.29) is 5.78 Å². The van der Waals surface area contributed by atoms with Gasteiger partial charge in [0.15, 0.2) is 5.58 Å². The average molecular weight is 304 g/mol. The van der Waals surface area contributed by atoms with E-state index in [0.29, 0.717) is 12.3 Å². The van der Waals surface area contributed by atoms with Crippen LogP contribution < -0.4 is 0 Å². The molecule has 0 saturated carbocycles. The highest BCUT2D eigenvalue weighted by Crippen LogP contribution is 2.29. The first-order valence-electron chi connectivity index (χ1n) is 7.55. The maximum Gasteiger partial charge on any atom is 0.244 e. The molecular formula is C19H16N2O2. The predicted octanol–water partition coefficient (Wildman–Crippen LogP) is 4.12. The molecule has 0 saturated heterocycles. The van der Waals surface area contributed by atoms with Gasteiger partial charge in [-0.1, -0.05) is 18.2 Å². The van der Waals surface area contributed by atoms with Crippen LogP contribution in [-0.2, 0) is 18.3 Å². The molecule has 23 heavy (non-hydrogen) atoms.